The highest BCUT2D eigenvalue weighted by molar-refractivity contribution is 5.85. The van der Waals surface area contributed by atoms with Crippen LogP contribution in [-0.2, 0) is 11.3 Å². The molecule has 0 aliphatic heterocycles. The van der Waals surface area contributed by atoms with Crippen LogP contribution in [0, 0.1) is 0 Å². The maximum Gasteiger partial charge on any atom is 0.0477 e. The zero-order valence-corrected chi connectivity index (χ0v) is 9.93. The molecule has 15 heavy (non-hydrogen) atoms. The summed E-state index contributed by atoms with van der Waals surface area (Å²) >= 11 is 0. The zero-order chi connectivity index (χ0) is 10.1. The van der Waals surface area contributed by atoms with Crippen LogP contribution in [0.1, 0.15) is 18.9 Å². The lowest BCUT2D eigenvalue weighted by molar-refractivity contribution is 0.144. The molecule has 0 radical (unpaired) electrons. The van der Waals surface area contributed by atoms with Crippen LogP contribution in [0.5, 0.6) is 0 Å². The molecule has 0 saturated carbocycles. The highest BCUT2D eigenvalue weighted by atomic mass is 35.5. The number of hydrogen-bond donors (Lipinski definition) is 1. The molecule has 0 atom stereocenters. The summed E-state index contributed by atoms with van der Waals surface area (Å²) in [7, 11) is 0. The van der Waals surface area contributed by atoms with E-state index in [1.165, 1.54) is 5.56 Å². The van der Waals surface area contributed by atoms with Crippen LogP contribution in [-0.4, -0.2) is 24.7 Å². The Balaban J connectivity index is 0.00000196. The van der Waals surface area contributed by atoms with Gasteiger partial charge in [0.25, 0.3) is 0 Å². The number of halogens is 1. The molecule has 0 saturated heterocycles. The fourth-order valence-electron chi connectivity index (χ4n) is 1.18. The molecular weight excluding hydrogens is 212 g/mol. The van der Waals surface area contributed by atoms with Gasteiger partial charge in [0.2, 0.25) is 0 Å². The maximum absolute atomic E-state index is 5.23. The number of rotatable bonds is 7. The van der Waals surface area contributed by atoms with E-state index in [0.717, 1.165) is 32.7 Å². The molecule has 1 rings (SSSR count). The number of nitrogens with one attached hydrogen (secondary N) is 1. The zero-order valence-electron chi connectivity index (χ0n) is 9.11. The van der Waals surface area contributed by atoms with Crippen molar-refractivity contribution in [1.82, 2.24) is 10.3 Å². The lowest BCUT2D eigenvalue weighted by atomic mass is 10.3. The van der Waals surface area contributed by atoms with E-state index in [1.54, 1.807) is 6.20 Å². The predicted octanol–water partition coefficient (Wildman–Crippen LogP) is 2.02. The molecule has 0 aromatic carbocycles. The molecule has 0 fully saturated rings. The first-order chi connectivity index (χ1) is 6.93. The summed E-state index contributed by atoms with van der Waals surface area (Å²) in [6.07, 6.45) is 4.74. The summed E-state index contributed by atoms with van der Waals surface area (Å²) in [6, 6.07) is 4.03. The molecule has 1 heterocycles. The summed E-state index contributed by atoms with van der Waals surface area (Å²) in [5, 5.41) is 3.34. The van der Waals surface area contributed by atoms with Gasteiger partial charge in [0.05, 0.1) is 0 Å². The minimum atomic E-state index is 0. The van der Waals surface area contributed by atoms with Crippen molar-refractivity contribution in [3.63, 3.8) is 0 Å². The Hall–Kier alpha value is -0.640. The normalized spacial score (nSPS) is 9.67. The van der Waals surface area contributed by atoms with E-state index >= 15 is 0 Å². The van der Waals surface area contributed by atoms with Gasteiger partial charge in [-0.05, 0) is 31.5 Å². The van der Waals surface area contributed by atoms with Crippen molar-refractivity contribution in [2.45, 2.75) is 19.9 Å². The van der Waals surface area contributed by atoms with Crippen molar-refractivity contribution in [1.29, 1.82) is 0 Å². The smallest absolute Gasteiger partial charge is 0.0477 e. The number of pyridine rings is 1. The van der Waals surface area contributed by atoms with Gasteiger partial charge in [0, 0.05) is 32.2 Å². The Bertz CT molecular complexity index is 231. The van der Waals surface area contributed by atoms with Gasteiger partial charge in [-0.3, -0.25) is 4.98 Å². The third-order valence-corrected chi connectivity index (χ3v) is 1.90. The first kappa shape index (κ1) is 14.4. The molecule has 0 spiro atoms. The number of aromatic nitrogens is 1. The summed E-state index contributed by atoms with van der Waals surface area (Å²) in [5.41, 5.74) is 1.23. The second kappa shape index (κ2) is 9.90. The van der Waals surface area contributed by atoms with Gasteiger partial charge in [-0.2, -0.15) is 0 Å². The monoisotopic (exact) mass is 230 g/mol. The fourth-order valence-corrected chi connectivity index (χ4v) is 1.18. The lowest BCUT2D eigenvalue weighted by Gasteiger charge is -2.04. The van der Waals surface area contributed by atoms with Crippen LogP contribution in [0.4, 0.5) is 0 Å². The minimum Gasteiger partial charge on any atom is -0.382 e. The van der Waals surface area contributed by atoms with E-state index < -0.39 is 0 Å². The molecule has 3 nitrogen and oxygen atoms in total. The van der Waals surface area contributed by atoms with Crippen LogP contribution in [0.15, 0.2) is 24.5 Å². The van der Waals surface area contributed by atoms with Crippen molar-refractivity contribution < 1.29 is 4.74 Å². The molecule has 0 aliphatic carbocycles. The first-order valence-corrected chi connectivity index (χ1v) is 5.11. The van der Waals surface area contributed by atoms with Crippen molar-refractivity contribution in [3.05, 3.63) is 30.1 Å². The second-order valence-electron chi connectivity index (χ2n) is 3.09. The first-order valence-electron chi connectivity index (χ1n) is 5.11. The van der Waals surface area contributed by atoms with E-state index in [2.05, 4.69) is 16.4 Å². The molecule has 1 aromatic heterocycles. The highest BCUT2D eigenvalue weighted by Gasteiger charge is 1.91. The predicted molar refractivity (Wildman–Crippen MR) is 64.3 cm³/mol. The van der Waals surface area contributed by atoms with Gasteiger partial charge in [-0.15, -0.1) is 12.4 Å². The Morgan fingerprint density at radius 2 is 2.33 bits per heavy atom. The van der Waals surface area contributed by atoms with Crippen LogP contribution in [0.2, 0.25) is 0 Å². The molecule has 86 valence electrons. The van der Waals surface area contributed by atoms with Crippen LogP contribution in [0.25, 0.3) is 0 Å². The van der Waals surface area contributed by atoms with E-state index in [9.17, 15) is 0 Å². The largest absolute Gasteiger partial charge is 0.382 e. The van der Waals surface area contributed by atoms with Gasteiger partial charge >= 0.3 is 0 Å². The van der Waals surface area contributed by atoms with Gasteiger partial charge in [-0.25, -0.2) is 0 Å². The van der Waals surface area contributed by atoms with Gasteiger partial charge < -0.3 is 10.1 Å². The Morgan fingerprint density at radius 3 is 3.00 bits per heavy atom. The number of nitrogens with zero attached hydrogens (tertiary/aromatic N) is 1. The molecular formula is C11H19ClN2O. The second-order valence-corrected chi connectivity index (χ2v) is 3.09. The molecule has 1 N–H and O–H groups in total. The van der Waals surface area contributed by atoms with E-state index in [1.807, 2.05) is 19.2 Å². The van der Waals surface area contributed by atoms with Crippen molar-refractivity contribution in [2.75, 3.05) is 19.8 Å². The van der Waals surface area contributed by atoms with Crippen molar-refractivity contribution in [2.24, 2.45) is 0 Å². The fraction of sp³-hybridized carbons (Fsp3) is 0.545. The van der Waals surface area contributed by atoms with E-state index in [0.29, 0.717) is 0 Å². The molecule has 0 amide bonds. The standard InChI is InChI=1S/C11H18N2O.ClH/c1-2-14-8-4-7-13-10-11-5-3-6-12-9-11;/h3,5-6,9,13H,2,4,7-8,10H2,1H3;1H. The molecule has 4 heteroatoms. The molecule has 0 bridgehead atoms. The summed E-state index contributed by atoms with van der Waals surface area (Å²) < 4.78 is 5.23. The van der Waals surface area contributed by atoms with Crippen LogP contribution >= 0.6 is 12.4 Å². The number of hydrogen-bond acceptors (Lipinski definition) is 3. The third-order valence-electron chi connectivity index (χ3n) is 1.90. The Morgan fingerprint density at radius 1 is 1.47 bits per heavy atom. The van der Waals surface area contributed by atoms with E-state index in [4.69, 9.17) is 4.74 Å². The third kappa shape index (κ3) is 7.31. The van der Waals surface area contributed by atoms with Crippen molar-refractivity contribution >= 4 is 12.4 Å². The van der Waals surface area contributed by atoms with Gasteiger partial charge in [0.15, 0.2) is 0 Å². The SMILES string of the molecule is CCOCCCNCc1cccnc1.Cl. The molecule has 0 unspecified atom stereocenters. The summed E-state index contributed by atoms with van der Waals surface area (Å²) in [6.45, 7) is 5.55. The summed E-state index contributed by atoms with van der Waals surface area (Å²) in [4.78, 5) is 4.05. The topological polar surface area (TPSA) is 34.1 Å². The number of ether oxygens (including phenoxy) is 1. The average Bonchev–Trinajstić information content (AvgIpc) is 2.25. The van der Waals surface area contributed by atoms with E-state index in [-0.39, 0.29) is 12.4 Å². The summed E-state index contributed by atoms with van der Waals surface area (Å²) in [5.74, 6) is 0. The Labute approximate surface area is 97.7 Å². The quantitative estimate of drug-likeness (QED) is 0.728. The van der Waals surface area contributed by atoms with Crippen LogP contribution in [0.3, 0.4) is 0 Å². The minimum absolute atomic E-state index is 0. The maximum atomic E-state index is 5.23. The van der Waals surface area contributed by atoms with Crippen molar-refractivity contribution in [3.8, 4) is 0 Å². The molecule has 0 aliphatic rings. The van der Waals surface area contributed by atoms with Gasteiger partial charge in [0.1, 0.15) is 0 Å². The molecule has 1 aromatic rings. The average molecular weight is 231 g/mol. The highest BCUT2D eigenvalue weighted by Crippen LogP contribution is 1.94. The van der Waals surface area contributed by atoms with Crippen LogP contribution < -0.4 is 5.32 Å². The Kier molecular flexibility index (Phi) is 9.48. The lowest BCUT2D eigenvalue weighted by Crippen LogP contribution is -2.16. The van der Waals surface area contributed by atoms with Gasteiger partial charge in [-0.1, -0.05) is 6.07 Å².